The van der Waals surface area contributed by atoms with E-state index < -0.39 is 23.6 Å². The number of carbonyl (C=O) groups is 4. The summed E-state index contributed by atoms with van der Waals surface area (Å²) in [5, 5.41) is 3.88. The van der Waals surface area contributed by atoms with Crippen LogP contribution in [0.25, 0.3) is 0 Å². The molecule has 0 rings (SSSR count). The predicted octanol–water partition coefficient (Wildman–Crippen LogP) is -0.410. The zero-order valence-corrected chi connectivity index (χ0v) is 9.28. The normalized spacial score (nSPS) is 10.1. The molecule has 0 fully saturated rings. The largest absolute Gasteiger partial charge is 0.289 e. The van der Waals surface area contributed by atoms with Crippen LogP contribution < -0.4 is 10.6 Å². The molecule has 0 atom stereocenters. The molecule has 0 spiro atoms. The van der Waals surface area contributed by atoms with E-state index in [9.17, 15) is 19.2 Å². The maximum absolute atomic E-state index is 11.3. The second-order valence-electron chi connectivity index (χ2n) is 2.91. The highest BCUT2D eigenvalue weighted by Crippen LogP contribution is 1.92. The van der Waals surface area contributed by atoms with Crippen LogP contribution in [0, 0.1) is 0 Å². The fourth-order valence-corrected chi connectivity index (χ4v) is 0.732. The Hall–Kier alpha value is -2.50. The van der Waals surface area contributed by atoms with Gasteiger partial charge in [0, 0.05) is 11.6 Å². The van der Waals surface area contributed by atoms with E-state index in [4.69, 9.17) is 0 Å². The van der Waals surface area contributed by atoms with Gasteiger partial charge in [0.2, 0.25) is 11.8 Å². The van der Waals surface area contributed by atoms with Gasteiger partial charge in [0.25, 0.3) is 11.8 Å². The van der Waals surface area contributed by atoms with Gasteiger partial charge in [-0.2, -0.15) is 0 Å². The molecule has 0 aromatic heterocycles. The average Bonchev–Trinajstić information content (AvgIpc) is 2.28. The molecular weight excluding hydrogens is 224 g/mol. The van der Waals surface area contributed by atoms with Crippen molar-refractivity contribution in [2.75, 3.05) is 0 Å². The second-order valence-corrected chi connectivity index (χ2v) is 2.91. The molecule has 0 aliphatic rings. The molecule has 0 aromatic carbocycles. The Morgan fingerprint density at radius 1 is 0.882 bits per heavy atom. The highest BCUT2D eigenvalue weighted by atomic mass is 16.2. The van der Waals surface area contributed by atoms with E-state index in [1.807, 2.05) is 10.6 Å². The molecule has 0 saturated carbocycles. The summed E-state index contributed by atoms with van der Waals surface area (Å²) in [6.45, 7) is 7.65. The summed E-state index contributed by atoms with van der Waals surface area (Å²) >= 11 is 0. The topological polar surface area (TPSA) is 92.3 Å². The highest BCUT2D eigenvalue weighted by molar-refractivity contribution is 6.11. The number of imide groups is 2. The van der Waals surface area contributed by atoms with Crippen LogP contribution >= 0.6 is 0 Å². The van der Waals surface area contributed by atoms with Crippen molar-refractivity contribution < 1.29 is 19.2 Å². The zero-order valence-electron chi connectivity index (χ0n) is 9.28. The van der Waals surface area contributed by atoms with Gasteiger partial charge in [-0.15, -0.1) is 0 Å². The smallest absolute Gasteiger partial charge is 0.253 e. The molecule has 6 heteroatoms. The predicted molar refractivity (Wildman–Crippen MR) is 60.5 cm³/mol. The van der Waals surface area contributed by atoms with Gasteiger partial charge in [-0.1, -0.05) is 13.2 Å². The minimum atomic E-state index is -0.770. The van der Waals surface area contributed by atoms with E-state index in [1.54, 1.807) is 0 Å². The molecule has 0 heterocycles. The lowest BCUT2D eigenvalue weighted by atomic mass is 10.2. The molecule has 0 unspecified atom stereocenters. The Morgan fingerprint density at radius 3 is 1.82 bits per heavy atom. The number of nitrogens with one attached hydrogen (secondary N) is 2. The van der Waals surface area contributed by atoms with Crippen LogP contribution in [-0.2, 0) is 19.2 Å². The monoisotopic (exact) mass is 236 g/mol. The van der Waals surface area contributed by atoms with Crippen LogP contribution in [0.4, 0.5) is 0 Å². The van der Waals surface area contributed by atoms with Gasteiger partial charge in [-0.3, -0.25) is 29.8 Å². The summed E-state index contributed by atoms with van der Waals surface area (Å²) in [6, 6.07) is 0. The van der Waals surface area contributed by atoms with Crippen LogP contribution in [0.15, 0.2) is 37.0 Å². The van der Waals surface area contributed by atoms with E-state index in [1.165, 1.54) is 6.92 Å². The van der Waals surface area contributed by atoms with Crippen molar-refractivity contribution in [2.24, 2.45) is 0 Å². The van der Waals surface area contributed by atoms with Crippen molar-refractivity contribution in [1.82, 2.24) is 10.6 Å². The van der Waals surface area contributed by atoms with Gasteiger partial charge in [0.15, 0.2) is 0 Å². The van der Waals surface area contributed by atoms with Gasteiger partial charge in [0.1, 0.15) is 0 Å². The summed E-state index contributed by atoms with van der Waals surface area (Å²) in [6.07, 6.45) is 2.74. The van der Waals surface area contributed by atoms with E-state index >= 15 is 0 Å². The summed E-state index contributed by atoms with van der Waals surface area (Å²) in [5.41, 5.74) is -0.0189. The quantitative estimate of drug-likeness (QED) is 0.649. The first-order chi connectivity index (χ1) is 7.90. The number of hydrogen-bond donors (Lipinski definition) is 2. The maximum atomic E-state index is 11.3. The maximum Gasteiger partial charge on any atom is 0.253 e. The Bertz CT molecular complexity index is 421. The number of carbonyl (C=O) groups excluding carboxylic acids is 4. The van der Waals surface area contributed by atoms with Crippen LogP contribution in [-0.4, -0.2) is 23.6 Å². The fraction of sp³-hybridized carbons (Fsp3) is 0.0909. The van der Waals surface area contributed by atoms with Crippen molar-refractivity contribution in [2.45, 2.75) is 6.92 Å². The first kappa shape index (κ1) is 14.5. The van der Waals surface area contributed by atoms with E-state index in [0.717, 1.165) is 18.2 Å². The lowest BCUT2D eigenvalue weighted by molar-refractivity contribution is -0.128. The molecular formula is C11H12N2O4. The van der Waals surface area contributed by atoms with Crippen LogP contribution in [0.5, 0.6) is 0 Å². The van der Waals surface area contributed by atoms with Gasteiger partial charge in [-0.25, -0.2) is 0 Å². The number of amides is 4. The Labute approximate surface area is 98.1 Å². The van der Waals surface area contributed by atoms with Crippen molar-refractivity contribution in [3.05, 3.63) is 37.0 Å². The Balaban J connectivity index is 4.52. The first-order valence-corrected chi connectivity index (χ1v) is 4.54. The molecule has 0 aliphatic heterocycles. The summed E-state index contributed by atoms with van der Waals surface area (Å²) in [7, 11) is 0. The summed E-state index contributed by atoms with van der Waals surface area (Å²) in [4.78, 5) is 44.0. The van der Waals surface area contributed by atoms with Crippen molar-refractivity contribution >= 4 is 23.6 Å². The van der Waals surface area contributed by atoms with Gasteiger partial charge >= 0.3 is 0 Å². The first-order valence-electron chi connectivity index (χ1n) is 4.54. The fourth-order valence-electron chi connectivity index (χ4n) is 0.732. The Kier molecular flexibility index (Phi) is 5.87. The van der Waals surface area contributed by atoms with Crippen LogP contribution in [0.3, 0.4) is 0 Å². The molecule has 90 valence electrons. The molecule has 2 N–H and O–H groups in total. The third kappa shape index (κ3) is 5.83. The minimum absolute atomic E-state index is 0.0189. The lowest BCUT2D eigenvalue weighted by Gasteiger charge is -2.01. The minimum Gasteiger partial charge on any atom is -0.289 e. The molecule has 17 heavy (non-hydrogen) atoms. The van der Waals surface area contributed by atoms with Crippen LogP contribution in [0.2, 0.25) is 0 Å². The molecule has 0 aromatic rings. The van der Waals surface area contributed by atoms with Gasteiger partial charge in [0.05, 0.1) is 0 Å². The second kappa shape index (κ2) is 6.89. The Morgan fingerprint density at radius 2 is 1.35 bits per heavy atom. The van der Waals surface area contributed by atoms with E-state index in [2.05, 4.69) is 13.2 Å². The van der Waals surface area contributed by atoms with E-state index in [0.29, 0.717) is 0 Å². The van der Waals surface area contributed by atoms with Crippen molar-refractivity contribution in [3.8, 4) is 0 Å². The van der Waals surface area contributed by atoms with Crippen molar-refractivity contribution in [3.63, 3.8) is 0 Å². The average molecular weight is 236 g/mol. The van der Waals surface area contributed by atoms with Gasteiger partial charge in [-0.05, 0) is 19.1 Å². The van der Waals surface area contributed by atoms with Crippen LogP contribution in [0.1, 0.15) is 6.92 Å². The molecule has 0 bridgehead atoms. The lowest BCUT2D eigenvalue weighted by Crippen LogP contribution is -2.31. The molecule has 0 saturated heterocycles. The third-order valence-electron chi connectivity index (χ3n) is 1.56. The molecule has 0 radical (unpaired) electrons. The van der Waals surface area contributed by atoms with Crippen molar-refractivity contribution in [1.29, 1.82) is 0 Å². The number of hydrogen-bond acceptors (Lipinski definition) is 4. The zero-order chi connectivity index (χ0) is 13.4. The van der Waals surface area contributed by atoms with Gasteiger partial charge < -0.3 is 0 Å². The summed E-state index contributed by atoms with van der Waals surface area (Å²) in [5.74, 6) is -2.86. The summed E-state index contributed by atoms with van der Waals surface area (Å²) < 4.78 is 0. The molecule has 4 amide bonds. The molecule has 6 nitrogen and oxygen atoms in total. The highest BCUT2D eigenvalue weighted by Gasteiger charge is 2.09. The SMILES string of the molecule is C=CC(=O)NC(=O)C=C(C)C(=O)NC(=O)C=C. The third-order valence-corrected chi connectivity index (χ3v) is 1.56. The number of rotatable bonds is 4. The standard InChI is InChI=1S/C11H12N2O4/c1-4-8(14)12-10(16)6-7(3)11(17)13-9(15)5-2/h4-6H,1-2H2,3H3,(H,12,14,16)(H,13,15,17). The molecule has 0 aliphatic carbocycles. The van der Waals surface area contributed by atoms with E-state index in [-0.39, 0.29) is 5.57 Å².